The Morgan fingerprint density at radius 3 is 3.21 bits per heavy atom. The Balaban J connectivity index is 2.10. The summed E-state index contributed by atoms with van der Waals surface area (Å²) in [5.74, 6) is 0. The molecule has 0 spiro atoms. The normalized spacial score (nSPS) is 22.8. The number of hydrogen-bond donors (Lipinski definition) is 1. The Hall–Kier alpha value is -0.930. The van der Waals surface area contributed by atoms with Crippen molar-refractivity contribution >= 4 is 0 Å². The Morgan fingerprint density at radius 1 is 1.57 bits per heavy atom. The Morgan fingerprint density at radius 2 is 2.50 bits per heavy atom. The van der Waals surface area contributed by atoms with E-state index in [4.69, 9.17) is 5.73 Å². The zero-order valence-electron chi connectivity index (χ0n) is 8.39. The lowest BCUT2D eigenvalue weighted by atomic mass is 10.1. The number of hydrogen-bond acceptors (Lipinski definition) is 3. The lowest BCUT2D eigenvalue weighted by Crippen LogP contribution is -2.29. The smallest absolute Gasteiger partial charge is 0.0364 e. The molecule has 1 aromatic heterocycles. The second-order valence-corrected chi connectivity index (χ2v) is 3.77. The third-order valence-electron chi connectivity index (χ3n) is 2.85. The van der Waals surface area contributed by atoms with Crippen LogP contribution in [0.3, 0.4) is 0 Å². The molecule has 1 aromatic rings. The first-order valence-corrected chi connectivity index (χ1v) is 5.26. The summed E-state index contributed by atoms with van der Waals surface area (Å²) < 4.78 is 0. The van der Waals surface area contributed by atoms with E-state index in [2.05, 4.69) is 16.0 Å². The van der Waals surface area contributed by atoms with Crippen LogP contribution >= 0.6 is 0 Å². The highest BCUT2D eigenvalue weighted by molar-refractivity contribution is 5.15. The number of rotatable bonds is 3. The fourth-order valence-electron chi connectivity index (χ4n) is 2.21. The van der Waals surface area contributed by atoms with Crippen molar-refractivity contribution in [3.8, 4) is 0 Å². The first kappa shape index (κ1) is 9.62. The number of aromatic nitrogens is 1. The number of nitrogens with zero attached hydrogens (tertiary/aromatic N) is 2. The highest BCUT2D eigenvalue weighted by atomic mass is 15.2. The van der Waals surface area contributed by atoms with Gasteiger partial charge in [-0.05, 0) is 31.0 Å². The molecule has 1 atom stereocenters. The van der Waals surface area contributed by atoms with Crippen molar-refractivity contribution in [3.05, 3.63) is 30.1 Å². The number of nitrogens with two attached hydrogens (primary N) is 1. The van der Waals surface area contributed by atoms with E-state index in [9.17, 15) is 0 Å². The summed E-state index contributed by atoms with van der Waals surface area (Å²) in [6.07, 6.45) is 6.32. The van der Waals surface area contributed by atoms with Crippen LogP contribution in [0.2, 0.25) is 0 Å². The van der Waals surface area contributed by atoms with E-state index in [1.165, 1.54) is 24.9 Å². The topological polar surface area (TPSA) is 42.1 Å². The predicted molar refractivity (Wildman–Crippen MR) is 56.8 cm³/mol. The number of pyridine rings is 1. The maximum Gasteiger partial charge on any atom is 0.0364 e. The van der Waals surface area contributed by atoms with Crippen LogP contribution in [0.4, 0.5) is 0 Å². The summed E-state index contributed by atoms with van der Waals surface area (Å²) in [6, 6.07) is 4.72. The largest absolute Gasteiger partial charge is 0.329 e. The molecule has 0 saturated carbocycles. The van der Waals surface area contributed by atoms with Crippen molar-refractivity contribution < 1.29 is 0 Å². The summed E-state index contributed by atoms with van der Waals surface area (Å²) in [5.41, 5.74) is 6.92. The minimum atomic E-state index is 0.548. The summed E-state index contributed by atoms with van der Waals surface area (Å²) >= 11 is 0. The summed E-state index contributed by atoms with van der Waals surface area (Å²) in [7, 11) is 0. The van der Waals surface area contributed by atoms with Crippen LogP contribution < -0.4 is 5.73 Å². The Kier molecular flexibility index (Phi) is 3.11. The molecule has 1 aliphatic rings. The maximum atomic E-state index is 5.59. The van der Waals surface area contributed by atoms with E-state index < -0.39 is 0 Å². The predicted octanol–water partition coefficient (Wildman–Crippen LogP) is 1.18. The van der Waals surface area contributed by atoms with Crippen molar-refractivity contribution in [3.63, 3.8) is 0 Å². The van der Waals surface area contributed by atoms with E-state index in [0.29, 0.717) is 6.04 Å². The first-order valence-electron chi connectivity index (χ1n) is 5.26. The van der Waals surface area contributed by atoms with Gasteiger partial charge in [0.15, 0.2) is 0 Å². The van der Waals surface area contributed by atoms with Crippen LogP contribution in [0.1, 0.15) is 24.4 Å². The van der Waals surface area contributed by atoms with Crippen LogP contribution in [0.25, 0.3) is 0 Å². The quantitative estimate of drug-likeness (QED) is 0.780. The Labute approximate surface area is 84.9 Å². The molecule has 0 aromatic carbocycles. The van der Waals surface area contributed by atoms with Gasteiger partial charge in [0.25, 0.3) is 0 Å². The maximum absolute atomic E-state index is 5.59. The number of likely N-dealkylation sites (tertiary alicyclic amines) is 1. The van der Waals surface area contributed by atoms with Gasteiger partial charge < -0.3 is 5.73 Å². The third-order valence-corrected chi connectivity index (χ3v) is 2.85. The van der Waals surface area contributed by atoms with Crippen LogP contribution in [0.15, 0.2) is 24.5 Å². The van der Waals surface area contributed by atoms with Crippen molar-refractivity contribution in [2.24, 2.45) is 5.73 Å². The van der Waals surface area contributed by atoms with E-state index in [-0.39, 0.29) is 0 Å². The molecule has 0 unspecified atom stereocenters. The molecule has 0 radical (unpaired) electrons. The highest BCUT2D eigenvalue weighted by Crippen LogP contribution is 2.30. The van der Waals surface area contributed by atoms with Crippen molar-refractivity contribution in [2.75, 3.05) is 19.6 Å². The van der Waals surface area contributed by atoms with Crippen LogP contribution in [0, 0.1) is 0 Å². The minimum absolute atomic E-state index is 0.548. The van der Waals surface area contributed by atoms with Crippen molar-refractivity contribution in [2.45, 2.75) is 18.9 Å². The monoisotopic (exact) mass is 191 g/mol. The lowest BCUT2D eigenvalue weighted by molar-refractivity contribution is 0.264. The summed E-state index contributed by atoms with van der Waals surface area (Å²) in [5, 5.41) is 0. The van der Waals surface area contributed by atoms with Gasteiger partial charge in [-0.15, -0.1) is 0 Å². The van der Waals surface area contributed by atoms with Crippen molar-refractivity contribution in [1.82, 2.24) is 9.88 Å². The van der Waals surface area contributed by atoms with Gasteiger partial charge in [-0.25, -0.2) is 0 Å². The van der Waals surface area contributed by atoms with Gasteiger partial charge in [-0.1, -0.05) is 6.07 Å². The molecule has 14 heavy (non-hydrogen) atoms. The fraction of sp³-hybridized carbons (Fsp3) is 0.545. The van der Waals surface area contributed by atoms with Crippen LogP contribution in [-0.4, -0.2) is 29.5 Å². The molecule has 0 bridgehead atoms. The zero-order chi connectivity index (χ0) is 9.80. The van der Waals surface area contributed by atoms with Gasteiger partial charge in [0, 0.05) is 31.5 Å². The molecule has 2 rings (SSSR count). The molecule has 2 N–H and O–H groups in total. The molecule has 1 fully saturated rings. The van der Waals surface area contributed by atoms with Gasteiger partial charge in [0.1, 0.15) is 0 Å². The third kappa shape index (κ3) is 1.94. The molecule has 2 heterocycles. The van der Waals surface area contributed by atoms with E-state index in [1.54, 1.807) is 0 Å². The van der Waals surface area contributed by atoms with Gasteiger partial charge in [0.2, 0.25) is 0 Å². The van der Waals surface area contributed by atoms with Crippen LogP contribution in [0.5, 0.6) is 0 Å². The highest BCUT2D eigenvalue weighted by Gasteiger charge is 2.24. The SMILES string of the molecule is NCCN1CCC[C@H]1c1cccnc1. The van der Waals surface area contributed by atoms with Crippen LogP contribution in [-0.2, 0) is 0 Å². The van der Waals surface area contributed by atoms with E-state index >= 15 is 0 Å². The molecule has 76 valence electrons. The second-order valence-electron chi connectivity index (χ2n) is 3.77. The minimum Gasteiger partial charge on any atom is -0.329 e. The second kappa shape index (κ2) is 4.53. The van der Waals surface area contributed by atoms with Gasteiger partial charge in [-0.3, -0.25) is 9.88 Å². The molecular formula is C11H17N3. The van der Waals surface area contributed by atoms with Gasteiger partial charge >= 0.3 is 0 Å². The molecule has 3 nitrogen and oxygen atoms in total. The average Bonchev–Trinajstić information content (AvgIpc) is 2.68. The average molecular weight is 191 g/mol. The molecule has 3 heteroatoms. The summed E-state index contributed by atoms with van der Waals surface area (Å²) in [4.78, 5) is 6.62. The molecule has 0 aliphatic carbocycles. The first-order chi connectivity index (χ1) is 6.92. The van der Waals surface area contributed by atoms with Crippen molar-refractivity contribution in [1.29, 1.82) is 0 Å². The molecule has 0 amide bonds. The molecule has 1 aliphatic heterocycles. The molecule has 1 saturated heterocycles. The lowest BCUT2D eigenvalue weighted by Gasteiger charge is -2.23. The van der Waals surface area contributed by atoms with E-state index in [1.807, 2.05) is 18.5 Å². The standard InChI is InChI=1S/C11H17N3/c12-5-8-14-7-2-4-11(14)10-3-1-6-13-9-10/h1,3,6,9,11H,2,4-5,7-8,12H2/t11-/m0/s1. The zero-order valence-corrected chi connectivity index (χ0v) is 8.39. The summed E-state index contributed by atoms with van der Waals surface area (Å²) in [6.45, 7) is 2.92. The molecular weight excluding hydrogens is 174 g/mol. The van der Waals surface area contributed by atoms with Gasteiger partial charge in [0.05, 0.1) is 0 Å². The van der Waals surface area contributed by atoms with Gasteiger partial charge in [-0.2, -0.15) is 0 Å². The Bertz CT molecular complexity index is 273. The van der Waals surface area contributed by atoms with E-state index in [0.717, 1.165) is 13.1 Å². The fourth-order valence-corrected chi connectivity index (χ4v) is 2.21.